The number of halogens is 2. The summed E-state index contributed by atoms with van der Waals surface area (Å²) in [6, 6.07) is 7.18. The smallest absolute Gasteiger partial charge is 0.233 e. The fourth-order valence-electron chi connectivity index (χ4n) is 4.04. The number of thioether (sulfide) groups is 1. The zero-order valence-corrected chi connectivity index (χ0v) is 15.2. The van der Waals surface area contributed by atoms with E-state index in [0.29, 0.717) is 16.8 Å². The van der Waals surface area contributed by atoms with Crippen molar-refractivity contribution in [1.82, 2.24) is 14.7 Å². The predicted octanol–water partition coefficient (Wildman–Crippen LogP) is 4.16. The molecule has 2 fully saturated rings. The molecule has 4 rings (SSSR count). The van der Waals surface area contributed by atoms with Gasteiger partial charge in [-0.05, 0) is 49.9 Å². The van der Waals surface area contributed by atoms with Gasteiger partial charge < -0.3 is 4.90 Å². The second-order valence-electron chi connectivity index (χ2n) is 6.69. The monoisotopic (exact) mass is 379 g/mol. The Hall–Kier alpha value is -1.53. The first-order valence-corrected chi connectivity index (χ1v) is 9.85. The molecule has 2 saturated heterocycles. The van der Waals surface area contributed by atoms with Gasteiger partial charge in [0.2, 0.25) is 5.91 Å². The van der Waals surface area contributed by atoms with Crippen LogP contribution in [0.1, 0.15) is 31.7 Å². The lowest BCUT2D eigenvalue weighted by molar-refractivity contribution is -0.133. The molecule has 0 saturated carbocycles. The van der Waals surface area contributed by atoms with Crippen LogP contribution in [-0.4, -0.2) is 38.4 Å². The highest BCUT2D eigenvalue weighted by atomic mass is 35.5. The fraction of sp³-hybridized carbons (Fsp3) is 0.444. The number of nitrogens with zero attached hydrogens (tertiary/aromatic N) is 3. The summed E-state index contributed by atoms with van der Waals surface area (Å²) < 4.78 is 14.9. The molecule has 0 spiro atoms. The van der Waals surface area contributed by atoms with E-state index in [1.165, 1.54) is 23.9 Å². The van der Waals surface area contributed by atoms with Crippen molar-refractivity contribution in [1.29, 1.82) is 0 Å². The lowest BCUT2D eigenvalue weighted by Gasteiger charge is -2.39. The van der Waals surface area contributed by atoms with Gasteiger partial charge in [-0.1, -0.05) is 11.6 Å². The van der Waals surface area contributed by atoms with Gasteiger partial charge >= 0.3 is 0 Å². The Morgan fingerprint density at radius 1 is 1.20 bits per heavy atom. The van der Waals surface area contributed by atoms with Gasteiger partial charge in [0, 0.05) is 23.2 Å². The molecule has 1 amide bonds. The summed E-state index contributed by atoms with van der Waals surface area (Å²) in [6.07, 6.45) is 7.52. The molecule has 0 N–H and O–H groups in total. The van der Waals surface area contributed by atoms with Crippen LogP contribution >= 0.6 is 23.4 Å². The minimum absolute atomic E-state index is 0.179. The predicted molar refractivity (Wildman–Crippen MR) is 96.3 cm³/mol. The van der Waals surface area contributed by atoms with E-state index in [4.69, 9.17) is 11.6 Å². The zero-order valence-electron chi connectivity index (χ0n) is 13.6. The van der Waals surface area contributed by atoms with Crippen molar-refractivity contribution in [2.24, 2.45) is 0 Å². The van der Waals surface area contributed by atoms with Gasteiger partial charge in [-0.2, -0.15) is 5.10 Å². The molecule has 7 heteroatoms. The van der Waals surface area contributed by atoms with Crippen LogP contribution < -0.4 is 0 Å². The molecule has 2 atom stereocenters. The molecule has 0 aliphatic carbocycles. The molecular formula is C18H19ClFN3OS. The molecule has 2 aliphatic heterocycles. The SMILES string of the molecule is O=C(CSc1ccc(F)cc1)N1C2CCC1CC(n1cc(Cl)cn1)C2. The minimum Gasteiger partial charge on any atom is -0.336 e. The third-order valence-corrected chi connectivity index (χ3v) is 6.31. The van der Waals surface area contributed by atoms with Gasteiger partial charge in [-0.15, -0.1) is 11.8 Å². The van der Waals surface area contributed by atoms with Crippen molar-refractivity contribution in [3.63, 3.8) is 0 Å². The van der Waals surface area contributed by atoms with Gasteiger partial charge in [0.15, 0.2) is 0 Å². The topological polar surface area (TPSA) is 38.1 Å². The van der Waals surface area contributed by atoms with Crippen molar-refractivity contribution in [2.75, 3.05) is 5.75 Å². The molecule has 25 heavy (non-hydrogen) atoms. The second kappa shape index (κ2) is 7.00. The Morgan fingerprint density at radius 2 is 1.88 bits per heavy atom. The van der Waals surface area contributed by atoms with E-state index < -0.39 is 0 Å². The highest BCUT2D eigenvalue weighted by Crippen LogP contribution is 2.41. The number of rotatable bonds is 4. The molecular weight excluding hydrogens is 361 g/mol. The van der Waals surface area contributed by atoms with Crippen molar-refractivity contribution < 1.29 is 9.18 Å². The molecule has 2 bridgehead atoms. The largest absolute Gasteiger partial charge is 0.336 e. The number of amides is 1. The highest BCUT2D eigenvalue weighted by Gasteiger charge is 2.43. The fourth-order valence-corrected chi connectivity index (χ4v) is 4.95. The Morgan fingerprint density at radius 3 is 2.48 bits per heavy atom. The van der Waals surface area contributed by atoms with Crippen LogP contribution in [0.4, 0.5) is 4.39 Å². The Bertz CT molecular complexity index is 752. The molecule has 2 aromatic rings. The van der Waals surface area contributed by atoms with Crippen molar-refractivity contribution in [3.05, 3.63) is 47.5 Å². The van der Waals surface area contributed by atoms with E-state index in [2.05, 4.69) is 10.00 Å². The van der Waals surface area contributed by atoms with Gasteiger partial charge in [0.05, 0.1) is 23.0 Å². The van der Waals surface area contributed by atoms with E-state index >= 15 is 0 Å². The number of piperidine rings is 1. The third-order valence-electron chi connectivity index (χ3n) is 5.12. The summed E-state index contributed by atoms with van der Waals surface area (Å²) in [6.45, 7) is 0. The summed E-state index contributed by atoms with van der Waals surface area (Å²) in [5, 5.41) is 4.99. The van der Waals surface area contributed by atoms with Crippen LogP contribution in [0, 0.1) is 5.82 Å². The third kappa shape index (κ3) is 3.55. The van der Waals surface area contributed by atoms with Crippen LogP contribution in [0.2, 0.25) is 5.02 Å². The molecule has 1 aromatic carbocycles. The van der Waals surface area contributed by atoms with Crippen LogP contribution in [0.15, 0.2) is 41.6 Å². The van der Waals surface area contributed by atoms with Crippen LogP contribution in [0.5, 0.6) is 0 Å². The number of hydrogen-bond donors (Lipinski definition) is 0. The van der Waals surface area contributed by atoms with Gasteiger partial charge in [0.1, 0.15) is 5.82 Å². The van der Waals surface area contributed by atoms with E-state index in [9.17, 15) is 9.18 Å². The molecule has 1 aromatic heterocycles. The van der Waals surface area contributed by atoms with Crippen LogP contribution in [-0.2, 0) is 4.79 Å². The summed E-state index contributed by atoms with van der Waals surface area (Å²) in [7, 11) is 0. The Labute approximate surface area is 155 Å². The van der Waals surface area contributed by atoms with E-state index in [-0.39, 0.29) is 23.8 Å². The normalized spacial score (nSPS) is 25.4. The first-order valence-electron chi connectivity index (χ1n) is 8.49. The van der Waals surface area contributed by atoms with Crippen LogP contribution in [0.3, 0.4) is 0 Å². The van der Waals surface area contributed by atoms with Crippen molar-refractivity contribution >= 4 is 29.3 Å². The second-order valence-corrected chi connectivity index (χ2v) is 8.18. The van der Waals surface area contributed by atoms with E-state index in [1.807, 2.05) is 10.9 Å². The molecule has 3 heterocycles. The number of carbonyl (C=O) groups excluding carboxylic acids is 1. The van der Waals surface area contributed by atoms with Crippen molar-refractivity contribution in [2.45, 2.75) is 48.7 Å². The zero-order chi connectivity index (χ0) is 17.4. The minimum atomic E-state index is -0.255. The number of hydrogen-bond acceptors (Lipinski definition) is 3. The van der Waals surface area contributed by atoms with Gasteiger partial charge in [0.25, 0.3) is 0 Å². The maximum absolute atomic E-state index is 13.0. The maximum atomic E-state index is 13.0. The average Bonchev–Trinajstić information content (AvgIpc) is 3.15. The van der Waals surface area contributed by atoms with Crippen molar-refractivity contribution in [3.8, 4) is 0 Å². The maximum Gasteiger partial charge on any atom is 0.233 e. The van der Waals surface area contributed by atoms with Crippen LogP contribution in [0.25, 0.3) is 0 Å². The lowest BCUT2D eigenvalue weighted by atomic mass is 9.97. The summed E-state index contributed by atoms with van der Waals surface area (Å²) in [4.78, 5) is 15.7. The Balaban J connectivity index is 1.38. The number of benzene rings is 1. The molecule has 2 unspecified atom stereocenters. The lowest BCUT2D eigenvalue weighted by Crippen LogP contribution is -2.47. The summed E-state index contributed by atoms with van der Waals surface area (Å²) >= 11 is 7.45. The molecule has 2 aliphatic rings. The number of carbonyl (C=O) groups is 1. The standard InChI is InChI=1S/C18H19ClFN3OS/c19-12-9-21-22(10-12)16-7-14-3-4-15(8-16)23(14)18(24)11-25-17-5-1-13(20)2-6-17/h1-2,5-6,9-10,14-16H,3-4,7-8,11H2. The summed E-state index contributed by atoms with van der Waals surface area (Å²) in [5.74, 6) is 0.324. The van der Waals surface area contributed by atoms with E-state index in [1.54, 1.807) is 18.3 Å². The first kappa shape index (κ1) is 16.9. The van der Waals surface area contributed by atoms with E-state index in [0.717, 1.165) is 30.6 Å². The Kier molecular flexibility index (Phi) is 4.73. The first-order chi connectivity index (χ1) is 12.1. The average molecular weight is 380 g/mol. The number of fused-ring (bicyclic) bond motifs is 2. The van der Waals surface area contributed by atoms with Gasteiger partial charge in [-0.3, -0.25) is 9.48 Å². The molecule has 4 nitrogen and oxygen atoms in total. The quantitative estimate of drug-likeness (QED) is 0.748. The molecule has 132 valence electrons. The molecule has 0 radical (unpaired) electrons. The highest BCUT2D eigenvalue weighted by molar-refractivity contribution is 8.00. The number of aromatic nitrogens is 2. The van der Waals surface area contributed by atoms with Gasteiger partial charge in [-0.25, -0.2) is 4.39 Å². The summed E-state index contributed by atoms with van der Waals surface area (Å²) in [5.41, 5.74) is 0.